The molecule has 0 N–H and O–H groups in total. The Morgan fingerprint density at radius 3 is 2.36 bits per heavy atom. The molecule has 5 rings (SSSR count). The lowest BCUT2D eigenvalue weighted by Gasteiger charge is -2.22. The van der Waals surface area contributed by atoms with Crippen LogP contribution in [0.4, 0.5) is 0 Å². The van der Waals surface area contributed by atoms with Gasteiger partial charge in [-0.2, -0.15) is 0 Å². The molecule has 33 heavy (non-hydrogen) atoms. The van der Waals surface area contributed by atoms with Gasteiger partial charge in [0.25, 0.3) is 0 Å². The number of benzene rings is 3. The third-order valence-electron chi connectivity index (χ3n) is 5.53. The summed E-state index contributed by atoms with van der Waals surface area (Å²) in [5.74, 6) is 2.09. The van der Waals surface area contributed by atoms with E-state index in [2.05, 4.69) is 4.98 Å². The molecule has 0 radical (unpaired) electrons. The van der Waals surface area contributed by atoms with Crippen molar-refractivity contribution >= 4 is 5.78 Å². The van der Waals surface area contributed by atoms with Crippen LogP contribution in [-0.2, 0) is 6.61 Å². The van der Waals surface area contributed by atoms with Crippen molar-refractivity contribution in [1.82, 2.24) is 4.98 Å². The maximum atomic E-state index is 12.1. The van der Waals surface area contributed by atoms with Crippen LogP contribution in [-0.4, -0.2) is 17.4 Å². The average Bonchev–Trinajstić information content (AvgIpc) is 2.88. The summed E-state index contributed by atoms with van der Waals surface area (Å²) in [4.78, 5) is 16.2. The van der Waals surface area contributed by atoms with Crippen molar-refractivity contribution in [3.05, 3.63) is 120 Å². The molecule has 5 heteroatoms. The molecule has 1 aliphatic rings. The number of ether oxygens (including phenoxy) is 3. The van der Waals surface area contributed by atoms with Crippen LogP contribution in [0.2, 0.25) is 0 Å². The van der Waals surface area contributed by atoms with Crippen molar-refractivity contribution in [2.45, 2.75) is 19.1 Å². The number of fused-ring (bicyclic) bond motifs is 1. The van der Waals surface area contributed by atoms with Gasteiger partial charge in [0.05, 0.1) is 12.2 Å². The molecule has 1 atom stereocenters. The number of hydrogen-bond donors (Lipinski definition) is 0. The third kappa shape index (κ3) is 4.88. The standard InChI is InChI=1S/C28H23NO4/c30-26-14-17-31-27-18-24(10-11-25(26)27)33-28(22-12-15-29-16-13-22)21-6-8-23(9-7-21)32-19-20-4-2-1-3-5-20/h1-13,15-16,18,28H,14,17,19H2. The van der Waals surface area contributed by atoms with Crippen LogP contribution in [0, 0.1) is 0 Å². The van der Waals surface area contributed by atoms with Crippen LogP contribution in [0.5, 0.6) is 17.2 Å². The van der Waals surface area contributed by atoms with Crippen molar-refractivity contribution in [2.75, 3.05) is 6.61 Å². The first-order valence-corrected chi connectivity index (χ1v) is 10.9. The molecular weight excluding hydrogens is 414 g/mol. The summed E-state index contributed by atoms with van der Waals surface area (Å²) >= 11 is 0. The smallest absolute Gasteiger partial charge is 0.169 e. The summed E-state index contributed by atoms with van der Waals surface area (Å²) in [6.45, 7) is 0.909. The zero-order valence-corrected chi connectivity index (χ0v) is 18.0. The minimum absolute atomic E-state index is 0.0968. The summed E-state index contributed by atoms with van der Waals surface area (Å²) in [7, 11) is 0. The van der Waals surface area contributed by atoms with E-state index in [1.807, 2.05) is 72.8 Å². The number of rotatable bonds is 7. The molecule has 4 aromatic rings. The molecule has 1 aliphatic heterocycles. The number of hydrogen-bond acceptors (Lipinski definition) is 5. The lowest BCUT2D eigenvalue weighted by Crippen LogP contribution is -2.15. The fraction of sp³-hybridized carbons (Fsp3) is 0.143. The Hall–Kier alpha value is -4.12. The van der Waals surface area contributed by atoms with Gasteiger partial charge in [-0.3, -0.25) is 9.78 Å². The van der Waals surface area contributed by atoms with Gasteiger partial charge in [-0.1, -0.05) is 42.5 Å². The third-order valence-corrected chi connectivity index (χ3v) is 5.53. The van der Waals surface area contributed by atoms with E-state index in [1.54, 1.807) is 24.5 Å². The molecule has 0 saturated heterocycles. The Labute approximate surface area is 192 Å². The van der Waals surface area contributed by atoms with Crippen molar-refractivity contribution in [1.29, 1.82) is 0 Å². The summed E-state index contributed by atoms with van der Waals surface area (Å²) in [6.07, 6.45) is 3.55. The molecule has 5 nitrogen and oxygen atoms in total. The van der Waals surface area contributed by atoms with Gasteiger partial charge in [-0.05, 0) is 53.1 Å². The van der Waals surface area contributed by atoms with Crippen LogP contribution in [0.25, 0.3) is 0 Å². The second kappa shape index (κ2) is 9.57. The Balaban J connectivity index is 1.37. The average molecular weight is 437 g/mol. The van der Waals surface area contributed by atoms with Crippen LogP contribution < -0.4 is 14.2 Å². The first kappa shape index (κ1) is 20.8. The maximum absolute atomic E-state index is 12.1. The monoisotopic (exact) mass is 437 g/mol. The molecule has 0 saturated carbocycles. The highest BCUT2D eigenvalue weighted by Gasteiger charge is 2.21. The molecule has 164 valence electrons. The van der Waals surface area contributed by atoms with E-state index in [9.17, 15) is 4.79 Å². The molecule has 1 unspecified atom stereocenters. The molecule has 0 fully saturated rings. The first-order valence-electron chi connectivity index (χ1n) is 10.9. The highest BCUT2D eigenvalue weighted by Crippen LogP contribution is 2.34. The predicted octanol–water partition coefficient (Wildman–Crippen LogP) is 5.79. The molecule has 0 spiro atoms. The topological polar surface area (TPSA) is 57.7 Å². The highest BCUT2D eigenvalue weighted by atomic mass is 16.5. The van der Waals surface area contributed by atoms with Gasteiger partial charge in [0.15, 0.2) is 5.78 Å². The second-order valence-corrected chi connectivity index (χ2v) is 7.80. The summed E-state index contributed by atoms with van der Waals surface area (Å²) in [6, 6.07) is 27.2. The van der Waals surface area contributed by atoms with Crippen molar-refractivity contribution in [3.63, 3.8) is 0 Å². The minimum Gasteiger partial charge on any atom is -0.492 e. The zero-order chi connectivity index (χ0) is 22.5. The molecule has 0 bridgehead atoms. The van der Waals surface area contributed by atoms with Crippen LogP contribution in [0.1, 0.15) is 39.6 Å². The Morgan fingerprint density at radius 1 is 0.848 bits per heavy atom. The van der Waals surface area contributed by atoms with E-state index in [-0.39, 0.29) is 11.9 Å². The number of pyridine rings is 1. The Kier molecular flexibility index (Phi) is 6.02. The van der Waals surface area contributed by atoms with Crippen LogP contribution in [0.15, 0.2) is 97.3 Å². The first-order chi connectivity index (χ1) is 16.3. The van der Waals surface area contributed by atoms with Gasteiger partial charge in [-0.15, -0.1) is 0 Å². The van der Waals surface area contributed by atoms with Gasteiger partial charge < -0.3 is 14.2 Å². The number of carbonyl (C=O) groups excluding carboxylic acids is 1. The largest absolute Gasteiger partial charge is 0.492 e. The number of aromatic nitrogens is 1. The van der Waals surface area contributed by atoms with Gasteiger partial charge in [0, 0.05) is 24.9 Å². The fourth-order valence-electron chi connectivity index (χ4n) is 3.80. The van der Waals surface area contributed by atoms with E-state index < -0.39 is 0 Å². The predicted molar refractivity (Wildman–Crippen MR) is 125 cm³/mol. The molecular formula is C28H23NO4. The minimum atomic E-state index is -0.353. The lowest BCUT2D eigenvalue weighted by molar-refractivity contribution is 0.0933. The van der Waals surface area contributed by atoms with E-state index in [0.29, 0.717) is 36.7 Å². The van der Waals surface area contributed by atoms with Crippen molar-refractivity contribution in [3.8, 4) is 17.2 Å². The molecule has 3 aromatic carbocycles. The zero-order valence-electron chi connectivity index (χ0n) is 18.0. The van der Waals surface area contributed by atoms with Crippen molar-refractivity contribution < 1.29 is 19.0 Å². The number of nitrogens with zero attached hydrogens (tertiary/aromatic N) is 1. The normalized spacial score (nSPS) is 13.5. The maximum Gasteiger partial charge on any atom is 0.169 e. The molecule has 1 aromatic heterocycles. The van der Waals surface area contributed by atoms with E-state index in [1.165, 1.54) is 0 Å². The van der Waals surface area contributed by atoms with E-state index >= 15 is 0 Å². The van der Waals surface area contributed by atoms with Gasteiger partial charge >= 0.3 is 0 Å². The molecule has 0 aliphatic carbocycles. The summed E-state index contributed by atoms with van der Waals surface area (Å²) < 4.78 is 18.0. The Bertz CT molecular complexity index is 1220. The Morgan fingerprint density at radius 2 is 1.58 bits per heavy atom. The number of Topliss-reactive ketones (excluding diaryl/α,β-unsaturated/α-hetero) is 1. The second-order valence-electron chi connectivity index (χ2n) is 7.80. The van der Waals surface area contributed by atoms with E-state index in [4.69, 9.17) is 14.2 Å². The summed E-state index contributed by atoms with van der Waals surface area (Å²) in [5, 5.41) is 0. The van der Waals surface area contributed by atoms with Gasteiger partial charge in [0.2, 0.25) is 0 Å². The van der Waals surface area contributed by atoms with Gasteiger partial charge in [0.1, 0.15) is 30.0 Å². The van der Waals surface area contributed by atoms with Gasteiger partial charge in [-0.25, -0.2) is 0 Å². The summed E-state index contributed by atoms with van der Waals surface area (Å²) in [5.41, 5.74) is 3.67. The molecule has 0 amide bonds. The number of carbonyl (C=O) groups is 1. The highest BCUT2D eigenvalue weighted by molar-refractivity contribution is 5.99. The lowest BCUT2D eigenvalue weighted by atomic mass is 10.0. The quantitative estimate of drug-likeness (QED) is 0.366. The van der Waals surface area contributed by atoms with Crippen LogP contribution >= 0.6 is 0 Å². The van der Waals surface area contributed by atoms with E-state index in [0.717, 1.165) is 22.4 Å². The SMILES string of the molecule is O=C1CCOc2cc(OC(c3ccncc3)c3ccc(OCc4ccccc4)cc3)ccc21. The molecule has 2 heterocycles. The van der Waals surface area contributed by atoms with Crippen LogP contribution in [0.3, 0.4) is 0 Å². The fourth-order valence-corrected chi connectivity index (χ4v) is 3.80. The van der Waals surface area contributed by atoms with Crippen molar-refractivity contribution in [2.24, 2.45) is 0 Å². The number of ketones is 1.